The molecule has 0 aromatic heterocycles. The van der Waals surface area contributed by atoms with Crippen molar-refractivity contribution >= 4 is 0 Å². The molecular weight excluding hydrogens is 174 g/mol. The summed E-state index contributed by atoms with van der Waals surface area (Å²) in [7, 11) is 0. The second kappa shape index (κ2) is 4.54. The number of hydrogen-bond donors (Lipinski definition) is 1. The molecule has 2 N–H and O–H groups in total. The summed E-state index contributed by atoms with van der Waals surface area (Å²) in [5, 5.41) is 0. The number of ether oxygens (including phenoxy) is 1. The van der Waals surface area contributed by atoms with Crippen molar-refractivity contribution in [2.24, 2.45) is 11.7 Å². The molecular formula is C12H19NO. The zero-order valence-corrected chi connectivity index (χ0v) is 8.67. The molecule has 1 saturated carbocycles. The van der Waals surface area contributed by atoms with Crippen LogP contribution in [0.4, 0.5) is 0 Å². The lowest BCUT2D eigenvalue weighted by molar-refractivity contribution is 0.159. The third-order valence-corrected chi connectivity index (χ3v) is 3.12. The minimum absolute atomic E-state index is 0.805. The van der Waals surface area contributed by atoms with Crippen molar-refractivity contribution in [1.82, 2.24) is 0 Å². The first-order valence-corrected chi connectivity index (χ1v) is 5.62. The number of hydrogen-bond acceptors (Lipinski definition) is 2. The lowest BCUT2D eigenvalue weighted by Gasteiger charge is -2.16. The van der Waals surface area contributed by atoms with E-state index in [2.05, 4.69) is 0 Å². The van der Waals surface area contributed by atoms with Gasteiger partial charge in [0.15, 0.2) is 0 Å². The molecule has 0 aromatic rings. The summed E-state index contributed by atoms with van der Waals surface area (Å²) in [6, 6.07) is 0. The van der Waals surface area contributed by atoms with Crippen molar-refractivity contribution < 1.29 is 4.74 Å². The van der Waals surface area contributed by atoms with Crippen molar-refractivity contribution in [3.8, 4) is 0 Å². The van der Waals surface area contributed by atoms with Crippen molar-refractivity contribution in [1.29, 1.82) is 0 Å². The lowest BCUT2D eigenvalue weighted by Crippen LogP contribution is -2.08. The van der Waals surface area contributed by atoms with Crippen LogP contribution in [0, 0.1) is 5.92 Å². The largest absolute Gasteiger partial charge is 0.498 e. The standard InChI is InChI=1S/C12H19NO/c13-11-5-7-12(8-6-11)14-9-10-3-1-2-4-10/h5,7,10H,1-4,6,8-9,13H2. The van der Waals surface area contributed by atoms with Gasteiger partial charge in [0, 0.05) is 12.1 Å². The van der Waals surface area contributed by atoms with Gasteiger partial charge in [-0.15, -0.1) is 0 Å². The number of rotatable bonds is 3. The predicted octanol–water partition coefficient (Wildman–Crippen LogP) is 2.71. The molecule has 0 heterocycles. The third-order valence-electron chi connectivity index (χ3n) is 3.12. The summed E-state index contributed by atoms with van der Waals surface area (Å²) in [6.07, 6.45) is 11.4. The molecule has 2 aliphatic carbocycles. The van der Waals surface area contributed by atoms with Crippen molar-refractivity contribution in [2.75, 3.05) is 6.61 Å². The summed E-state index contributed by atoms with van der Waals surface area (Å²) in [6.45, 7) is 0.916. The molecule has 2 rings (SSSR count). The average molecular weight is 193 g/mol. The van der Waals surface area contributed by atoms with Gasteiger partial charge in [0.25, 0.3) is 0 Å². The second-order valence-corrected chi connectivity index (χ2v) is 4.34. The van der Waals surface area contributed by atoms with Gasteiger partial charge >= 0.3 is 0 Å². The van der Waals surface area contributed by atoms with Crippen LogP contribution in [0.25, 0.3) is 0 Å². The van der Waals surface area contributed by atoms with Gasteiger partial charge in [0.1, 0.15) is 0 Å². The Morgan fingerprint density at radius 1 is 1.21 bits per heavy atom. The fourth-order valence-electron chi connectivity index (χ4n) is 2.16. The van der Waals surface area contributed by atoms with Gasteiger partial charge in [-0.25, -0.2) is 0 Å². The van der Waals surface area contributed by atoms with Crippen molar-refractivity contribution in [2.45, 2.75) is 38.5 Å². The van der Waals surface area contributed by atoms with Gasteiger partial charge in [-0.3, -0.25) is 0 Å². The Bertz CT molecular complexity index is 249. The zero-order valence-electron chi connectivity index (χ0n) is 8.67. The predicted molar refractivity (Wildman–Crippen MR) is 57.5 cm³/mol. The average Bonchev–Trinajstić information content (AvgIpc) is 2.70. The Morgan fingerprint density at radius 2 is 2.00 bits per heavy atom. The summed E-state index contributed by atoms with van der Waals surface area (Å²) in [4.78, 5) is 0. The van der Waals surface area contributed by atoms with Crippen LogP contribution in [0.2, 0.25) is 0 Å². The van der Waals surface area contributed by atoms with Gasteiger partial charge in [0.2, 0.25) is 0 Å². The first kappa shape index (κ1) is 9.63. The molecule has 0 bridgehead atoms. The maximum Gasteiger partial charge on any atom is 0.0964 e. The van der Waals surface area contributed by atoms with Crippen LogP contribution in [-0.4, -0.2) is 6.61 Å². The van der Waals surface area contributed by atoms with Crippen LogP contribution in [0.3, 0.4) is 0 Å². The molecule has 78 valence electrons. The molecule has 0 atom stereocenters. The Labute approximate surface area is 85.8 Å². The zero-order chi connectivity index (χ0) is 9.80. The van der Waals surface area contributed by atoms with E-state index in [0.29, 0.717) is 0 Å². The summed E-state index contributed by atoms with van der Waals surface area (Å²) < 4.78 is 5.78. The SMILES string of the molecule is NC1=CC=C(OCC2CCCC2)CC1. The normalized spacial score (nSPS) is 23.1. The van der Waals surface area contributed by atoms with E-state index in [1.54, 1.807) is 0 Å². The molecule has 0 radical (unpaired) electrons. The molecule has 0 aliphatic heterocycles. The Kier molecular flexibility index (Phi) is 3.12. The van der Waals surface area contributed by atoms with E-state index in [9.17, 15) is 0 Å². The van der Waals surface area contributed by atoms with Gasteiger partial charge < -0.3 is 10.5 Å². The monoisotopic (exact) mass is 193 g/mol. The van der Waals surface area contributed by atoms with E-state index in [1.807, 2.05) is 12.2 Å². The van der Waals surface area contributed by atoms with E-state index in [0.717, 1.165) is 36.8 Å². The Morgan fingerprint density at radius 3 is 2.64 bits per heavy atom. The van der Waals surface area contributed by atoms with Gasteiger partial charge in [-0.05, 0) is 37.3 Å². The quantitative estimate of drug-likeness (QED) is 0.748. The van der Waals surface area contributed by atoms with Crippen LogP contribution in [0.15, 0.2) is 23.6 Å². The molecule has 2 heteroatoms. The summed E-state index contributed by atoms with van der Waals surface area (Å²) in [5.41, 5.74) is 6.65. The topological polar surface area (TPSA) is 35.2 Å². The van der Waals surface area contributed by atoms with Crippen LogP contribution >= 0.6 is 0 Å². The van der Waals surface area contributed by atoms with E-state index < -0.39 is 0 Å². The first-order chi connectivity index (χ1) is 6.84. The third kappa shape index (κ3) is 2.53. The van der Waals surface area contributed by atoms with E-state index in [1.165, 1.54) is 25.7 Å². The molecule has 0 aromatic carbocycles. The highest BCUT2D eigenvalue weighted by Crippen LogP contribution is 2.26. The van der Waals surface area contributed by atoms with Crippen LogP contribution in [0.1, 0.15) is 38.5 Å². The molecule has 0 saturated heterocycles. The molecule has 0 amide bonds. The first-order valence-electron chi connectivity index (χ1n) is 5.62. The van der Waals surface area contributed by atoms with Gasteiger partial charge in [-0.1, -0.05) is 12.8 Å². The Hall–Kier alpha value is -0.920. The van der Waals surface area contributed by atoms with E-state index >= 15 is 0 Å². The smallest absolute Gasteiger partial charge is 0.0964 e. The maximum atomic E-state index is 5.78. The van der Waals surface area contributed by atoms with Crippen LogP contribution < -0.4 is 5.73 Å². The lowest BCUT2D eigenvalue weighted by atomic mass is 10.1. The fourth-order valence-corrected chi connectivity index (χ4v) is 2.16. The minimum Gasteiger partial charge on any atom is -0.498 e. The number of nitrogens with two attached hydrogens (primary N) is 1. The van der Waals surface area contributed by atoms with Crippen LogP contribution in [0.5, 0.6) is 0 Å². The highest BCUT2D eigenvalue weighted by Gasteiger charge is 2.16. The van der Waals surface area contributed by atoms with Gasteiger partial charge in [0.05, 0.1) is 12.4 Å². The maximum absolute atomic E-state index is 5.78. The summed E-state index contributed by atoms with van der Waals surface area (Å²) >= 11 is 0. The van der Waals surface area contributed by atoms with E-state index in [4.69, 9.17) is 10.5 Å². The van der Waals surface area contributed by atoms with Gasteiger partial charge in [-0.2, -0.15) is 0 Å². The van der Waals surface area contributed by atoms with Crippen molar-refractivity contribution in [3.63, 3.8) is 0 Å². The molecule has 2 nitrogen and oxygen atoms in total. The second-order valence-electron chi connectivity index (χ2n) is 4.34. The van der Waals surface area contributed by atoms with E-state index in [-0.39, 0.29) is 0 Å². The molecule has 2 aliphatic rings. The van der Waals surface area contributed by atoms with Crippen LogP contribution in [-0.2, 0) is 4.74 Å². The number of allylic oxidation sites excluding steroid dienone is 4. The fraction of sp³-hybridized carbons (Fsp3) is 0.667. The molecule has 1 fully saturated rings. The van der Waals surface area contributed by atoms with Crippen molar-refractivity contribution in [3.05, 3.63) is 23.6 Å². The molecule has 0 spiro atoms. The molecule has 14 heavy (non-hydrogen) atoms. The highest BCUT2D eigenvalue weighted by molar-refractivity contribution is 5.18. The summed E-state index contributed by atoms with van der Waals surface area (Å²) in [5.74, 6) is 1.92. The Balaban J connectivity index is 1.75. The highest BCUT2D eigenvalue weighted by atomic mass is 16.5. The minimum atomic E-state index is 0.805. The molecule has 0 unspecified atom stereocenters.